The van der Waals surface area contributed by atoms with Crippen LogP contribution in [-0.2, 0) is 0 Å². The van der Waals surface area contributed by atoms with E-state index in [1.807, 2.05) is 0 Å². The van der Waals surface area contributed by atoms with Gasteiger partial charge < -0.3 is 5.32 Å². The minimum Gasteiger partial charge on any atom is -0.313 e. The predicted octanol–water partition coefficient (Wildman–Crippen LogP) is 4.47. The highest BCUT2D eigenvalue weighted by molar-refractivity contribution is 7.99. The Kier molecular flexibility index (Phi) is 8.38. The topological polar surface area (TPSA) is 12.0 Å². The van der Waals surface area contributed by atoms with Gasteiger partial charge in [0.15, 0.2) is 0 Å². The molecule has 0 saturated heterocycles. The molecule has 0 aromatic carbocycles. The average molecular weight is 257 g/mol. The highest BCUT2D eigenvalue weighted by atomic mass is 32.2. The van der Waals surface area contributed by atoms with Gasteiger partial charge in [0.25, 0.3) is 0 Å². The van der Waals surface area contributed by atoms with Crippen molar-refractivity contribution in [2.75, 3.05) is 12.3 Å². The van der Waals surface area contributed by atoms with Crippen LogP contribution in [0.25, 0.3) is 0 Å². The molecule has 1 aliphatic carbocycles. The molecule has 102 valence electrons. The van der Waals surface area contributed by atoms with Crippen molar-refractivity contribution in [3.05, 3.63) is 0 Å². The molecular weight excluding hydrogens is 226 g/mol. The molecule has 0 aliphatic heterocycles. The van der Waals surface area contributed by atoms with Gasteiger partial charge in [-0.1, -0.05) is 40.0 Å². The van der Waals surface area contributed by atoms with Crippen LogP contribution >= 0.6 is 11.8 Å². The van der Waals surface area contributed by atoms with Gasteiger partial charge in [0.2, 0.25) is 0 Å². The van der Waals surface area contributed by atoms with Crippen LogP contribution in [0.3, 0.4) is 0 Å². The zero-order valence-corrected chi connectivity index (χ0v) is 12.8. The summed E-state index contributed by atoms with van der Waals surface area (Å²) in [5.74, 6) is 2.27. The quantitative estimate of drug-likeness (QED) is 0.688. The smallest absolute Gasteiger partial charge is 0.0186 e. The van der Waals surface area contributed by atoms with E-state index >= 15 is 0 Å². The summed E-state index contributed by atoms with van der Waals surface area (Å²) in [6.45, 7) is 8.13. The van der Waals surface area contributed by atoms with E-state index in [9.17, 15) is 0 Å². The van der Waals surface area contributed by atoms with E-state index in [1.165, 1.54) is 57.2 Å². The second-order valence-corrected chi connectivity index (χ2v) is 6.98. The third kappa shape index (κ3) is 6.15. The second-order valence-electron chi connectivity index (χ2n) is 5.51. The maximum atomic E-state index is 3.80. The summed E-state index contributed by atoms with van der Waals surface area (Å²) in [5, 5.41) is 4.62. The Morgan fingerprint density at radius 3 is 2.47 bits per heavy atom. The number of nitrogens with one attached hydrogen (secondary N) is 1. The Hall–Kier alpha value is 0.310. The van der Waals surface area contributed by atoms with Crippen LogP contribution in [-0.4, -0.2) is 23.6 Å². The van der Waals surface area contributed by atoms with Gasteiger partial charge in [-0.15, -0.1) is 0 Å². The molecule has 1 rings (SSSR count). The van der Waals surface area contributed by atoms with Crippen molar-refractivity contribution in [3.63, 3.8) is 0 Å². The molecule has 1 fully saturated rings. The third-order valence-corrected chi connectivity index (χ3v) is 5.46. The first kappa shape index (κ1) is 15.4. The first-order chi connectivity index (χ1) is 8.27. The maximum absolute atomic E-state index is 3.80. The highest BCUT2D eigenvalue weighted by Gasteiger charge is 2.23. The number of hydrogen-bond donors (Lipinski definition) is 1. The van der Waals surface area contributed by atoms with Crippen molar-refractivity contribution in [1.82, 2.24) is 5.32 Å². The molecule has 0 bridgehead atoms. The van der Waals surface area contributed by atoms with E-state index in [1.54, 1.807) is 0 Å². The Morgan fingerprint density at radius 2 is 1.88 bits per heavy atom. The lowest BCUT2D eigenvalue weighted by Gasteiger charge is -2.31. The standard InChI is InChI=1S/C15H31NS/c1-4-11-16-15(12-17-13(3)5-2)14-9-7-6-8-10-14/h13-16H,4-12H2,1-3H3. The summed E-state index contributed by atoms with van der Waals surface area (Å²) >= 11 is 2.17. The Morgan fingerprint density at radius 1 is 1.18 bits per heavy atom. The summed E-state index contributed by atoms with van der Waals surface area (Å²) in [7, 11) is 0. The summed E-state index contributed by atoms with van der Waals surface area (Å²) < 4.78 is 0. The van der Waals surface area contributed by atoms with Crippen molar-refractivity contribution < 1.29 is 0 Å². The normalized spacial score (nSPS) is 21.4. The molecule has 1 N–H and O–H groups in total. The lowest BCUT2D eigenvalue weighted by Crippen LogP contribution is -2.40. The SMILES string of the molecule is CCCNC(CSC(C)CC)C1CCCCC1. The first-order valence-electron chi connectivity index (χ1n) is 7.62. The summed E-state index contributed by atoms with van der Waals surface area (Å²) in [6, 6.07) is 0.772. The van der Waals surface area contributed by atoms with Crippen LogP contribution < -0.4 is 5.32 Å². The van der Waals surface area contributed by atoms with Gasteiger partial charge in [-0.3, -0.25) is 0 Å². The molecule has 1 aliphatic rings. The molecule has 0 aromatic heterocycles. The average Bonchev–Trinajstić information content (AvgIpc) is 2.39. The van der Waals surface area contributed by atoms with Crippen molar-refractivity contribution >= 4 is 11.8 Å². The predicted molar refractivity (Wildman–Crippen MR) is 80.9 cm³/mol. The van der Waals surface area contributed by atoms with Gasteiger partial charge in [0.05, 0.1) is 0 Å². The van der Waals surface area contributed by atoms with E-state index in [-0.39, 0.29) is 0 Å². The molecule has 1 saturated carbocycles. The van der Waals surface area contributed by atoms with Crippen molar-refractivity contribution in [3.8, 4) is 0 Å². The Bertz CT molecular complexity index is 178. The molecule has 17 heavy (non-hydrogen) atoms. The van der Waals surface area contributed by atoms with Crippen molar-refractivity contribution in [1.29, 1.82) is 0 Å². The summed E-state index contributed by atoms with van der Waals surface area (Å²) in [6.07, 6.45) is 9.87. The molecule has 0 aromatic rings. The zero-order chi connectivity index (χ0) is 12.5. The van der Waals surface area contributed by atoms with Gasteiger partial charge in [0.1, 0.15) is 0 Å². The van der Waals surface area contributed by atoms with Gasteiger partial charge in [-0.25, -0.2) is 0 Å². The molecule has 0 spiro atoms. The van der Waals surface area contributed by atoms with Crippen LogP contribution in [0.4, 0.5) is 0 Å². The monoisotopic (exact) mass is 257 g/mol. The van der Waals surface area contributed by atoms with E-state index in [0.717, 1.165) is 17.2 Å². The Balaban J connectivity index is 2.35. The van der Waals surface area contributed by atoms with Gasteiger partial charge in [-0.2, -0.15) is 11.8 Å². The van der Waals surface area contributed by atoms with E-state index < -0.39 is 0 Å². The van der Waals surface area contributed by atoms with Crippen LogP contribution in [0.15, 0.2) is 0 Å². The molecule has 1 nitrogen and oxygen atoms in total. The zero-order valence-electron chi connectivity index (χ0n) is 12.0. The molecule has 2 heteroatoms. The highest BCUT2D eigenvalue weighted by Crippen LogP contribution is 2.29. The van der Waals surface area contributed by atoms with E-state index in [2.05, 4.69) is 37.8 Å². The third-order valence-electron chi connectivity index (χ3n) is 4.01. The van der Waals surface area contributed by atoms with Crippen LogP contribution in [0.1, 0.15) is 65.7 Å². The molecular formula is C15H31NS. The van der Waals surface area contributed by atoms with Gasteiger partial charge in [0, 0.05) is 17.0 Å². The Labute approximate surface area is 113 Å². The van der Waals surface area contributed by atoms with Crippen molar-refractivity contribution in [2.24, 2.45) is 5.92 Å². The fourth-order valence-electron chi connectivity index (χ4n) is 2.61. The lowest BCUT2D eigenvalue weighted by molar-refractivity contribution is 0.285. The van der Waals surface area contributed by atoms with Gasteiger partial charge >= 0.3 is 0 Å². The number of rotatable bonds is 8. The summed E-state index contributed by atoms with van der Waals surface area (Å²) in [5.41, 5.74) is 0. The molecule has 0 heterocycles. The first-order valence-corrected chi connectivity index (χ1v) is 8.67. The fraction of sp³-hybridized carbons (Fsp3) is 1.00. The minimum atomic E-state index is 0.772. The largest absolute Gasteiger partial charge is 0.313 e. The van der Waals surface area contributed by atoms with E-state index in [4.69, 9.17) is 0 Å². The van der Waals surface area contributed by atoms with Crippen LogP contribution in [0.5, 0.6) is 0 Å². The lowest BCUT2D eigenvalue weighted by atomic mass is 9.84. The molecule has 0 amide bonds. The number of thioether (sulfide) groups is 1. The molecule has 2 unspecified atom stereocenters. The van der Waals surface area contributed by atoms with Crippen molar-refractivity contribution in [2.45, 2.75) is 77.0 Å². The molecule has 0 radical (unpaired) electrons. The molecule has 2 atom stereocenters. The summed E-state index contributed by atoms with van der Waals surface area (Å²) in [4.78, 5) is 0. The minimum absolute atomic E-state index is 0.772. The second kappa shape index (κ2) is 9.27. The van der Waals surface area contributed by atoms with Crippen LogP contribution in [0, 0.1) is 5.92 Å². The van der Waals surface area contributed by atoms with E-state index in [0.29, 0.717) is 0 Å². The van der Waals surface area contributed by atoms with Crippen LogP contribution in [0.2, 0.25) is 0 Å². The van der Waals surface area contributed by atoms with Gasteiger partial charge in [-0.05, 0) is 38.1 Å². The fourth-order valence-corrected chi connectivity index (χ4v) is 3.78. The number of hydrogen-bond acceptors (Lipinski definition) is 2. The maximum Gasteiger partial charge on any atom is 0.0186 e.